The van der Waals surface area contributed by atoms with E-state index in [9.17, 15) is 14.2 Å². The van der Waals surface area contributed by atoms with Crippen molar-refractivity contribution in [2.24, 2.45) is 11.0 Å². The molecule has 7 nitrogen and oxygen atoms in total. The fourth-order valence-corrected chi connectivity index (χ4v) is 3.04. The molecule has 0 bridgehead atoms. The molecule has 1 aliphatic rings. The van der Waals surface area contributed by atoms with E-state index in [1.54, 1.807) is 30.3 Å². The van der Waals surface area contributed by atoms with Crippen molar-refractivity contribution >= 4 is 19.4 Å². The highest BCUT2D eigenvalue weighted by Crippen LogP contribution is 2.35. The Balaban J connectivity index is 2.08. The van der Waals surface area contributed by atoms with Gasteiger partial charge in [-0.05, 0) is 25.0 Å². The number of nitrogens with one attached hydrogen (secondary N) is 1. The van der Waals surface area contributed by atoms with Gasteiger partial charge in [0, 0.05) is 12.1 Å². The van der Waals surface area contributed by atoms with E-state index < -0.39 is 19.5 Å². The van der Waals surface area contributed by atoms with Crippen molar-refractivity contribution in [3.8, 4) is 0 Å². The lowest BCUT2D eigenvalue weighted by Gasteiger charge is -2.34. The highest BCUT2D eigenvalue weighted by atomic mass is 31.2. The van der Waals surface area contributed by atoms with Gasteiger partial charge in [0.05, 0.1) is 0 Å². The normalized spacial score (nSPS) is 19.8. The third-order valence-corrected chi connectivity index (χ3v) is 4.29. The molecule has 1 saturated heterocycles. The summed E-state index contributed by atoms with van der Waals surface area (Å²) in [5.74, 6) is -0.844. The first-order chi connectivity index (χ1) is 9.39. The van der Waals surface area contributed by atoms with E-state index in [2.05, 4.69) is 5.32 Å². The van der Waals surface area contributed by atoms with Crippen LogP contribution < -0.4 is 16.3 Å². The third-order valence-electron chi connectivity index (χ3n) is 3.13. The second-order valence-corrected chi connectivity index (χ2v) is 6.50. The van der Waals surface area contributed by atoms with Crippen LogP contribution in [0.15, 0.2) is 30.3 Å². The first kappa shape index (κ1) is 14.7. The molecule has 1 aliphatic heterocycles. The average Bonchev–Trinajstić information content (AvgIpc) is 2.40. The molecule has 2 rings (SSSR count). The van der Waals surface area contributed by atoms with Gasteiger partial charge in [0.25, 0.3) is 11.8 Å². The highest BCUT2D eigenvalue weighted by Gasteiger charge is 2.36. The minimum Gasteiger partial charge on any atom is -0.340 e. The van der Waals surface area contributed by atoms with Crippen molar-refractivity contribution in [3.63, 3.8) is 0 Å². The monoisotopic (exact) mass is 296 g/mol. The van der Waals surface area contributed by atoms with Crippen LogP contribution in [0.5, 0.6) is 0 Å². The maximum absolute atomic E-state index is 12.1. The fraction of sp³-hybridized carbons (Fsp3) is 0.333. The molecule has 1 aromatic rings. The molecule has 1 unspecified atom stereocenters. The maximum atomic E-state index is 12.1. The van der Waals surface area contributed by atoms with Crippen LogP contribution in [-0.2, 0) is 9.36 Å². The molecule has 108 valence electrons. The van der Waals surface area contributed by atoms with Crippen molar-refractivity contribution in [3.05, 3.63) is 35.9 Å². The molecule has 20 heavy (non-hydrogen) atoms. The van der Waals surface area contributed by atoms with Crippen LogP contribution >= 0.6 is 7.59 Å². The van der Waals surface area contributed by atoms with Crippen molar-refractivity contribution in [2.45, 2.75) is 18.9 Å². The van der Waals surface area contributed by atoms with Crippen LogP contribution in [0.3, 0.4) is 0 Å². The van der Waals surface area contributed by atoms with Crippen molar-refractivity contribution in [2.75, 3.05) is 6.54 Å². The first-order valence-corrected chi connectivity index (χ1v) is 8.04. The molecule has 5 N–H and O–H groups in total. The second-order valence-electron chi connectivity index (χ2n) is 4.67. The molecule has 0 saturated carbocycles. The molecule has 1 atom stereocenters. The van der Waals surface area contributed by atoms with Gasteiger partial charge in [0.1, 0.15) is 6.04 Å². The Bertz CT molecular complexity index is 557. The summed E-state index contributed by atoms with van der Waals surface area (Å²) in [6.07, 6.45) is 1.07. The molecule has 8 heteroatoms. The fourth-order valence-electron chi connectivity index (χ4n) is 2.13. The number of nitrogens with two attached hydrogens (primary N) is 2. The summed E-state index contributed by atoms with van der Waals surface area (Å²) in [7, 11) is -3.62. The summed E-state index contributed by atoms with van der Waals surface area (Å²) in [5.41, 5.74) is 11.1. The molecular weight excluding hydrogens is 279 g/mol. The zero-order chi connectivity index (χ0) is 14.8. The quantitative estimate of drug-likeness (QED) is 0.699. The smallest absolute Gasteiger partial charge is 0.302 e. The molecule has 0 spiro atoms. The topological polar surface area (TPSA) is 119 Å². The van der Waals surface area contributed by atoms with Gasteiger partial charge in [-0.1, -0.05) is 18.2 Å². The third kappa shape index (κ3) is 3.25. The van der Waals surface area contributed by atoms with Crippen LogP contribution in [0, 0.1) is 0 Å². The summed E-state index contributed by atoms with van der Waals surface area (Å²) in [5, 5.41) is 2.62. The van der Waals surface area contributed by atoms with Gasteiger partial charge >= 0.3 is 7.59 Å². The Labute approximate surface area is 116 Å². The average molecular weight is 296 g/mol. The Hall–Kier alpha value is -1.69. The first-order valence-electron chi connectivity index (χ1n) is 6.24. The molecule has 2 amide bonds. The Kier molecular flexibility index (Phi) is 4.23. The van der Waals surface area contributed by atoms with Gasteiger partial charge in [-0.3, -0.25) is 29.8 Å². The minimum atomic E-state index is -3.62. The summed E-state index contributed by atoms with van der Waals surface area (Å²) in [4.78, 5) is 24.1. The number of piperidine rings is 1. The van der Waals surface area contributed by atoms with Crippen LogP contribution in [0.2, 0.25) is 0 Å². The van der Waals surface area contributed by atoms with Gasteiger partial charge < -0.3 is 5.32 Å². The van der Waals surface area contributed by atoms with Crippen molar-refractivity contribution in [1.29, 1.82) is 0 Å². The predicted octanol–water partition coefficient (Wildman–Crippen LogP) is 0.433. The predicted molar refractivity (Wildman–Crippen MR) is 74.6 cm³/mol. The van der Waals surface area contributed by atoms with E-state index in [4.69, 9.17) is 11.0 Å². The Morgan fingerprint density at radius 3 is 2.55 bits per heavy atom. The standard InChI is InChI=1S/C12H17N4O3P/c13-20(14,19)16-8-4-7-10(12(16)18)15-11(17)9-5-2-1-3-6-9/h1-3,5-6,10H,4,7-8H2,(H,15,17)(H4,13,14,19). The Morgan fingerprint density at radius 1 is 1.30 bits per heavy atom. The van der Waals surface area contributed by atoms with Gasteiger partial charge in [-0.15, -0.1) is 0 Å². The molecule has 0 aromatic heterocycles. The van der Waals surface area contributed by atoms with Crippen molar-refractivity contribution in [1.82, 2.24) is 9.99 Å². The maximum Gasteiger partial charge on any atom is 0.302 e. The zero-order valence-corrected chi connectivity index (χ0v) is 11.8. The van der Waals surface area contributed by atoms with E-state index >= 15 is 0 Å². The molecule has 0 radical (unpaired) electrons. The largest absolute Gasteiger partial charge is 0.340 e. The number of rotatable bonds is 3. The van der Waals surface area contributed by atoms with Gasteiger partial charge in [-0.25, -0.2) is 0 Å². The number of carbonyl (C=O) groups excluding carboxylic acids is 2. The minimum absolute atomic E-state index is 0.251. The van der Waals surface area contributed by atoms with Gasteiger partial charge in [0.2, 0.25) is 0 Å². The van der Waals surface area contributed by atoms with Crippen LogP contribution in [0.4, 0.5) is 0 Å². The van der Waals surface area contributed by atoms with Gasteiger partial charge in [-0.2, -0.15) is 0 Å². The van der Waals surface area contributed by atoms with Crippen LogP contribution in [-0.4, -0.2) is 29.1 Å². The summed E-state index contributed by atoms with van der Waals surface area (Å²) in [6.45, 7) is 0.251. The molecule has 1 aromatic carbocycles. The number of hydrogen-bond acceptors (Lipinski definition) is 3. The number of amides is 2. The van der Waals surface area contributed by atoms with E-state index in [1.165, 1.54) is 0 Å². The molecule has 1 heterocycles. The van der Waals surface area contributed by atoms with E-state index in [0.29, 0.717) is 18.4 Å². The SMILES string of the molecule is NP(N)(=O)N1CCCC(NC(=O)c2ccccc2)C1=O. The van der Waals surface area contributed by atoms with E-state index in [1.807, 2.05) is 0 Å². The number of carbonyl (C=O) groups is 2. The lowest BCUT2D eigenvalue weighted by molar-refractivity contribution is -0.130. The van der Waals surface area contributed by atoms with E-state index in [-0.39, 0.29) is 12.5 Å². The Morgan fingerprint density at radius 2 is 1.95 bits per heavy atom. The number of nitrogens with zero attached hydrogens (tertiary/aromatic N) is 1. The second kappa shape index (κ2) is 5.75. The van der Waals surface area contributed by atoms with Crippen LogP contribution in [0.1, 0.15) is 23.2 Å². The number of hydrogen-bond donors (Lipinski definition) is 3. The lowest BCUT2D eigenvalue weighted by atomic mass is 10.1. The summed E-state index contributed by atoms with van der Waals surface area (Å²) >= 11 is 0. The summed E-state index contributed by atoms with van der Waals surface area (Å²) < 4.78 is 12.6. The summed E-state index contributed by atoms with van der Waals surface area (Å²) in [6, 6.07) is 7.82. The lowest BCUT2D eigenvalue weighted by Crippen LogP contribution is -2.52. The zero-order valence-electron chi connectivity index (χ0n) is 10.9. The van der Waals surface area contributed by atoms with Gasteiger partial charge in [0.15, 0.2) is 0 Å². The highest BCUT2D eigenvalue weighted by molar-refractivity contribution is 7.57. The van der Waals surface area contributed by atoms with Crippen molar-refractivity contribution < 1.29 is 14.2 Å². The van der Waals surface area contributed by atoms with E-state index in [0.717, 1.165) is 4.67 Å². The van der Waals surface area contributed by atoms with Crippen LogP contribution in [0.25, 0.3) is 0 Å². The molecule has 1 fully saturated rings. The molecular formula is C12H17N4O3P. The number of benzene rings is 1. The molecule has 0 aliphatic carbocycles.